The quantitative estimate of drug-likeness (QED) is 0.706. The van der Waals surface area contributed by atoms with Crippen molar-refractivity contribution in [3.05, 3.63) is 57.4 Å². The smallest absolute Gasteiger partial charge is 0.265 e. The number of hydrogen-bond donors (Lipinski definition) is 2. The molecule has 0 radical (unpaired) electrons. The maximum absolute atomic E-state index is 12.5. The van der Waals surface area contributed by atoms with Crippen molar-refractivity contribution in [2.45, 2.75) is 18.8 Å². The van der Waals surface area contributed by atoms with Gasteiger partial charge in [-0.2, -0.15) is 5.10 Å². The fourth-order valence-electron chi connectivity index (χ4n) is 2.58. The molecule has 0 aliphatic heterocycles. The van der Waals surface area contributed by atoms with Crippen LogP contribution in [0.4, 0.5) is 5.69 Å². The summed E-state index contributed by atoms with van der Waals surface area (Å²) in [5, 5.41) is 13.1. The number of halogens is 1. The molecule has 23 heavy (non-hydrogen) atoms. The number of nitrogens with one attached hydrogen (secondary N) is 2. The highest BCUT2D eigenvalue weighted by Gasteiger charge is 2.31. The number of aromatic nitrogens is 2. The average molecular weight is 344 g/mol. The Morgan fingerprint density at radius 1 is 1.30 bits per heavy atom. The SMILES string of the molecule is O=C(Nc1c(-c2cccc(Cl)c2)n[nH]c1C1CC1)c1cccs1. The Hall–Kier alpha value is -2.11. The first kappa shape index (κ1) is 14.5. The van der Waals surface area contributed by atoms with E-state index in [0.29, 0.717) is 15.8 Å². The maximum Gasteiger partial charge on any atom is 0.265 e. The second kappa shape index (κ2) is 5.83. The van der Waals surface area contributed by atoms with E-state index in [1.165, 1.54) is 11.3 Å². The van der Waals surface area contributed by atoms with Crippen LogP contribution in [0, 0.1) is 0 Å². The van der Waals surface area contributed by atoms with Gasteiger partial charge in [0.15, 0.2) is 0 Å². The van der Waals surface area contributed by atoms with E-state index in [1.807, 2.05) is 41.8 Å². The predicted octanol–water partition coefficient (Wildman–Crippen LogP) is 4.92. The van der Waals surface area contributed by atoms with Crippen LogP contribution in [0.25, 0.3) is 11.3 Å². The van der Waals surface area contributed by atoms with Crippen molar-refractivity contribution in [3.63, 3.8) is 0 Å². The van der Waals surface area contributed by atoms with Crippen molar-refractivity contribution in [1.29, 1.82) is 0 Å². The van der Waals surface area contributed by atoms with Gasteiger partial charge >= 0.3 is 0 Å². The molecule has 1 saturated carbocycles. The first-order valence-electron chi connectivity index (χ1n) is 7.41. The Bertz CT molecular complexity index is 853. The minimum absolute atomic E-state index is 0.105. The van der Waals surface area contributed by atoms with Gasteiger partial charge in [-0.25, -0.2) is 0 Å². The van der Waals surface area contributed by atoms with E-state index >= 15 is 0 Å². The highest BCUT2D eigenvalue weighted by Crippen LogP contribution is 2.45. The standard InChI is InChI=1S/C17H14ClN3OS/c18-12-4-1-3-11(9-12)15-16(14(20-21-15)10-6-7-10)19-17(22)13-5-2-8-23-13/h1-5,8-10H,6-7H2,(H,19,22)(H,20,21). The van der Waals surface area contributed by atoms with Crippen LogP contribution in [-0.2, 0) is 0 Å². The summed E-state index contributed by atoms with van der Waals surface area (Å²) >= 11 is 7.52. The largest absolute Gasteiger partial charge is 0.318 e. The van der Waals surface area contributed by atoms with E-state index in [9.17, 15) is 4.79 Å². The Labute approximate surface area is 142 Å². The first-order valence-corrected chi connectivity index (χ1v) is 8.67. The van der Waals surface area contributed by atoms with Crippen LogP contribution in [0.5, 0.6) is 0 Å². The number of anilines is 1. The lowest BCUT2D eigenvalue weighted by atomic mass is 10.1. The van der Waals surface area contributed by atoms with E-state index in [-0.39, 0.29) is 5.91 Å². The number of thiophene rings is 1. The van der Waals surface area contributed by atoms with Gasteiger partial charge in [0.2, 0.25) is 0 Å². The third-order valence-corrected chi connectivity index (χ3v) is 4.97. The molecule has 0 bridgehead atoms. The summed E-state index contributed by atoms with van der Waals surface area (Å²) in [6, 6.07) is 11.2. The highest BCUT2D eigenvalue weighted by molar-refractivity contribution is 7.12. The van der Waals surface area contributed by atoms with Crippen LogP contribution in [-0.4, -0.2) is 16.1 Å². The molecule has 0 atom stereocenters. The van der Waals surface area contributed by atoms with Gasteiger partial charge in [-0.15, -0.1) is 11.3 Å². The molecule has 116 valence electrons. The van der Waals surface area contributed by atoms with Crippen LogP contribution in [0.1, 0.15) is 34.1 Å². The number of amides is 1. The monoisotopic (exact) mass is 343 g/mol. The lowest BCUT2D eigenvalue weighted by Crippen LogP contribution is -2.11. The van der Waals surface area contributed by atoms with Gasteiger partial charge in [-0.1, -0.05) is 29.8 Å². The molecule has 1 amide bonds. The summed E-state index contributed by atoms with van der Waals surface area (Å²) in [7, 11) is 0. The molecule has 0 unspecified atom stereocenters. The van der Waals surface area contributed by atoms with E-state index in [2.05, 4.69) is 15.5 Å². The number of hydrogen-bond acceptors (Lipinski definition) is 3. The molecule has 1 aliphatic rings. The zero-order valence-corrected chi connectivity index (χ0v) is 13.7. The van der Waals surface area contributed by atoms with E-state index in [4.69, 9.17) is 11.6 Å². The van der Waals surface area contributed by atoms with Crippen molar-refractivity contribution < 1.29 is 4.79 Å². The molecule has 3 aromatic rings. The molecule has 0 saturated heterocycles. The fourth-order valence-corrected chi connectivity index (χ4v) is 3.39. The molecule has 2 aromatic heterocycles. The highest BCUT2D eigenvalue weighted by atomic mass is 35.5. The number of aromatic amines is 1. The molecule has 6 heteroatoms. The minimum Gasteiger partial charge on any atom is -0.318 e. The second-order valence-electron chi connectivity index (χ2n) is 5.58. The second-order valence-corrected chi connectivity index (χ2v) is 6.96. The van der Waals surface area contributed by atoms with Crippen LogP contribution >= 0.6 is 22.9 Å². The zero-order chi connectivity index (χ0) is 15.8. The summed E-state index contributed by atoms with van der Waals surface area (Å²) in [6.45, 7) is 0. The lowest BCUT2D eigenvalue weighted by molar-refractivity contribution is 0.103. The maximum atomic E-state index is 12.5. The van der Waals surface area contributed by atoms with Gasteiger partial charge in [0.05, 0.1) is 16.3 Å². The van der Waals surface area contributed by atoms with Crippen LogP contribution in [0.3, 0.4) is 0 Å². The molecule has 1 aromatic carbocycles. The Morgan fingerprint density at radius 3 is 2.87 bits per heavy atom. The number of H-pyrrole nitrogens is 1. The zero-order valence-electron chi connectivity index (χ0n) is 12.2. The van der Waals surface area contributed by atoms with Crippen LogP contribution in [0.15, 0.2) is 41.8 Å². The Balaban J connectivity index is 1.74. The van der Waals surface area contributed by atoms with E-state index in [1.54, 1.807) is 0 Å². The summed E-state index contributed by atoms with van der Waals surface area (Å²) in [4.78, 5) is 13.1. The number of rotatable bonds is 4. The molecule has 1 fully saturated rings. The van der Waals surface area contributed by atoms with Crippen molar-refractivity contribution in [2.75, 3.05) is 5.32 Å². The summed E-state index contributed by atoms with van der Waals surface area (Å²) < 4.78 is 0. The predicted molar refractivity (Wildman–Crippen MR) is 93.3 cm³/mol. The Morgan fingerprint density at radius 2 is 2.17 bits per heavy atom. The normalized spacial score (nSPS) is 14.0. The van der Waals surface area contributed by atoms with Gasteiger partial charge < -0.3 is 5.32 Å². The number of carbonyl (C=O) groups is 1. The van der Waals surface area contributed by atoms with Gasteiger partial charge in [0.1, 0.15) is 5.69 Å². The minimum atomic E-state index is -0.105. The molecule has 0 spiro atoms. The van der Waals surface area contributed by atoms with Gasteiger partial charge in [0.25, 0.3) is 5.91 Å². The summed E-state index contributed by atoms with van der Waals surface area (Å²) in [5.74, 6) is 0.348. The number of nitrogens with zero attached hydrogens (tertiary/aromatic N) is 1. The van der Waals surface area contributed by atoms with Gasteiger partial charge in [-0.05, 0) is 36.4 Å². The molecule has 4 rings (SSSR count). The van der Waals surface area contributed by atoms with E-state index < -0.39 is 0 Å². The van der Waals surface area contributed by atoms with Crippen molar-refractivity contribution >= 4 is 34.5 Å². The molecule has 1 aliphatic carbocycles. The van der Waals surface area contributed by atoms with Crippen LogP contribution < -0.4 is 5.32 Å². The molecule has 2 N–H and O–H groups in total. The third-order valence-electron chi connectivity index (χ3n) is 3.86. The lowest BCUT2D eigenvalue weighted by Gasteiger charge is -2.07. The summed E-state index contributed by atoms with van der Waals surface area (Å²) in [6.07, 6.45) is 2.25. The average Bonchev–Trinajstić information content (AvgIpc) is 3.08. The molecular weight excluding hydrogens is 330 g/mol. The molecular formula is C17H14ClN3OS. The number of benzene rings is 1. The summed E-state index contributed by atoms with van der Waals surface area (Å²) in [5.41, 5.74) is 3.40. The number of carbonyl (C=O) groups excluding carboxylic acids is 1. The molecule has 2 heterocycles. The first-order chi connectivity index (χ1) is 11.2. The van der Waals surface area contributed by atoms with Gasteiger partial charge in [0, 0.05) is 16.5 Å². The molecule has 4 nitrogen and oxygen atoms in total. The van der Waals surface area contributed by atoms with Crippen LogP contribution in [0.2, 0.25) is 5.02 Å². The van der Waals surface area contributed by atoms with Crippen molar-refractivity contribution in [3.8, 4) is 11.3 Å². The topological polar surface area (TPSA) is 57.8 Å². The van der Waals surface area contributed by atoms with Crippen molar-refractivity contribution in [2.24, 2.45) is 0 Å². The third kappa shape index (κ3) is 2.90. The van der Waals surface area contributed by atoms with Gasteiger partial charge in [-0.3, -0.25) is 9.89 Å². The fraction of sp³-hybridized carbons (Fsp3) is 0.176. The van der Waals surface area contributed by atoms with Crippen molar-refractivity contribution in [1.82, 2.24) is 10.2 Å². The van der Waals surface area contributed by atoms with E-state index in [0.717, 1.165) is 35.5 Å². The Kier molecular flexibility index (Phi) is 3.67.